The van der Waals surface area contributed by atoms with E-state index in [2.05, 4.69) is 24.0 Å². The predicted octanol–water partition coefficient (Wildman–Crippen LogP) is 2.88. The highest BCUT2D eigenvalue weighted by Crippen LogP contribution is 2.30. The van der Waals surface area contributed by atoms with E-state index >= 15 is 0 Å². The fourth-order valence-corrected chi connectivity index (χ4v) is 2.53. The Morgan fingerprint density at radius 2 is 1.82 bits per heavy atom. The number of aliphatic hydroxyl groups is 2. The molecule has 1 heterocycles. The first-order valence-corrected chi connectivity index (χ1v) is 7.28. The van der Waals surface area contributed by atoms with Gasteiger partial charge in [-0.1, -0.05) is 18.2 Å². The van der Waals surface area contributed by atoms with Gasteiger partial charge in [-0.05, 0) is 48.4 Å². The number of H-pyrrole nitrogens is 1. The number of rotatable bonds is 5. The van der Waals surface area contributed by atoms with Crippen LogP contribution < -0.4 is 4.74 Å². The van der Waals surface area contributed by atoms with Crippen LogP contribution in [0.1, 0.15) is 5.56 Å². The molecule has 0 saturated carbocycles. The van der Waals surface area contributed by atoms with E-state index in [4.69, 9.17) is 9.84 Å². The lowest BCUT2D eigenvalue weighted by atomic mass is 10.1. The average molecular weight is 297 g/mol. The van der Waals surface area contributed by atoms with Crippen LogP contribution >= 0.6 is 0 Å². The lowest BCUT2D eigenvalue weighted by Gasteiger charge is -2.10. The monoisotopic (exact) mass is 297 g/mol. The number of fused-ring (bicyclic) bond motifs is 1. The molecule has 114 valence electrons. The molecule has 1 atom stereocenters. The molecule has 2 aromatic carbocycles. The van der Waals surface area contributed by atoms with Crippen LogP contribution in [0.3, 0.4) is 0 Å². The topological polar surface area (TPSA) is 65.5 Å². The molecule has 0 radical (unpaired) electrons. The zero-order chi connectivity index (χ0) is 15.5. The Balaban J connectivity index is 1.84. The first-order valence-electron chi connectivity index (χ1n) is 7.28. The highest BCUT2D eigenvalue weighted by Gasteiger charge is 2.09. The Labute approximate surface area is 129 Å². The fraction of sp³-hybridized carbons (Fsp3) is 0.222. The zero-order valence-corrected chi connectivity index (χ0v) is 12.4. The second-order valence-corrected chi connectivity index (χ2v) is 5.34. The maximum absolute atomic E-state index is 9.29. The summed E-state index contributed by atoms with van der Waals surface area (Å²) in [5, 5.41) is 19.3. The van der Waals surface area contributed by atoms with Gasteiger partial charge in [0.1, 0.15) is 18.5 Å². The number of hydrogen-bond donors (Lipinski definition) is 3. The van der Waals surface area contributed by atoms with Crippen LogP contribution in [0.2, 0.25) is 0 Å². The van der Waals surface area contributed by atoms with Crippen molar-refractivity contribution in [1.29, 1.82) is 0 Å². The number of aromatic nitrogens is 1. The summed E-state index contributed by atoms with van der Waals surface area (Å²) in [5.74, 6) is 0.671. The van der Waals surface area contributed by atoms with E-state index in [1.54, 1.807) is 0 Å². The Kier molecular flexibility index (Phi) is 4.13. The molecular formula is C18H19NO3. The second-order valence-electron chi connectivity index (χ2n) is 5.34. The van der Waals surface area contributed by atoms with E-state index in [-0.39, 0.29) is 13.2 Å². The van der Waals surface area contributed by atoms with E-state index in [0.717, 1.165) is 16.8 Å². The third-order valence-corrected chi connectivity index (χ3v) is 3.76. The van der Waals surface area contributed by atoms with E-state index < -0.39 is 6.10 Å². The number of nitrogens with one attached hydrogen (secondary N) is 1. The third kappa shape index (κ3) is 2.84. The second kappa shape index (κ2) is 6.22. The van der Waals surface area contributed by atoms with Crippen molar-refractivity contribution in [2.75, 3.05) is 13.2 Å². The van der Waals surface area contributed by atoms with Crippen LogP contribution in [-0.2, 0) is 0 Å². The van der Waals surface area contributed by atoms with E-state index in [9.17, 15) is 5.11 Å². The maximum atomic E-state index is 9.29. The van der Waals surface area contributed by atoms with Crippen LogP contribution in [0.15, 0.2) is 48.5 Å². The van der Waals surface area contributed by atoms with Gasteiger partial charge >= 0.3 is 0 Å². The fourth-order valence-electron chi connectivity index (χ4n) is 2.53. The van der Waals surface area contributed by atoms with E-state index in [1.165, 1.54) is 10.9 Å². The summed E-state index contributed by atoms with van der Waals surface area (Å²) in [6.07, 6.45) is -0.851. The third-order valence-electron chi connectivity index (χ3n) is 3.76. The largest absolute Gasteiger partial charge is 0.491 e. The Hall–Kier alpha value is -2.30. The van der Waals surface area contributed by atoms with Gasteiger partial charge in [-0.2, -0.15) is 0 Å². The Bertz CT molecular complexity index is 762. The van der Waals surface area contributed by atoms with Crippen molar-refractivity contribution in [2.45, 2.75) is 13.0 Å². The van der Waals surface area contributed by atoms with Crippen LogP contribution in [0, 0.1) is 6.92 Å². The van der Waals surface area contributed by atoms with Gasteiger partial charge in [-0.3, -0.25) is 0 Å². The molecule has 0 amide bonds. The van der Waals surface area contributed by atoms with Crippen molar-refractivity contribution in [3.63, 3.8) is 0 Å². The van der Waals surface area contributed by atoms with Crippen LogP contribution in [0.25, 0.3) is 22.2 Å². The first-order chi connectivity index (χ1) is 10.7. The predicted molar refractivity (Wildman–Crippen MR) is 87.1 cm³/mol. The molecule has 3 N–H and O–H groups in total. The SMILES string of the molecule is Cc1c(-c2ccc(OCC(O)CO)cc2)[nH]c2ccccc12. The molecule has 4 nitrogen and oxygen atoms in total. The summed E-state index contributed by atoms with van der Waals surface area (Å²) in [6.45, 7) is 1.89. The molecule has 0 aliphatic rings. The zero-order valence-electron chi connectivity index (χ0n) is 12.4. The normalized spacial score (nSPS) is 12.5. The van der Waals surface area contributed by atoms with Gasteiger partial charge in [0.25, 0.3) is 0 Å². The minimum absolute atomic E-state index is 0.0846. The van der Waals surface area contributed by atoms with Gasteiger partial charge in [0.2, 0.25) is 0 Å². The lowest BCUT2D eigenvalue weighted by molar-refractivity contribution is 0.0536. The van der Waals surface area contributed by atoms with Gasteiger partial charge in [-0.25, -0.2) is 0 Å². The summed E-state index contributed by atoms with van der Waals surface area (Å²) < 4.78 is 5.42. The summed E-state index contributed by atoms with van der Waals surface area (Å²) in [6, 6.07) is 15.9. The summed E-state index contributed by atoms with van der Waals surface area (Å²) in [7, 11) is 0. The minimum Gasteiger partial charge on any atom is -0.491 e. The summed E-state index contributed by atoms with van der Waals surface area (Å²) >= 11 is 0. The van der Waals surface area contributed by atoms with Gasteiger partial charge in [0, 0.05) is 16.6 Å². The van der Waals surface area contributed by atoms with Crippen molar-refractivity contribution in [2.24, 2.45) is 0 Å². The summed E-state index contributed by atoms with van der Waals surface area (Å²) in [5.41, 5.74) is 4.54. The first kappa shape index (κ1) is 14.6. The molecule has 22 heavy (non-hydrogen) atoms. The van der Waals surface area contributed by atoms with Crippen molar-refractivity contribution < 1.29 is 14.9 Å². The molecule has 1 unspecified atom stereocenters. The lowest BCUT2D eigenvalue weighted by Crippen LogP contribution is -2.21. The molecule has 1 aromatic heterocycles. The number of aryl methyl sites for hydroxylation is 1. The van der Waals surface area contributed by atoms with Crippen LogP contribution in [-0.4, -0.2) is 34.5 Å². The number of para-hydroxylation sites is 1. The average Bonchev–Trinajstić information content (AvgIpc) is 2.90. The van der Waals surface area contributed by atoms with Crippen molar-refractivity contribution in [3.8, 4) is 17.0 Å². The van der Waals surface area contributed by atoms with Gasteiger partial charge in [0.15, 0.2) is 0 Å². The Morgan fingerprint density at radius 3 is 2.50 bits per heavy atom. The standard InChI is InChI=1S/C18H19NO3/c1-12-16-4-2-3-5-17(16)19-18(12)13-6-8-15(9-7-13)22-11-14(21)10-20/h2-9,14,19-21H,10-11H2,1H3. The van der Waals surface area contributed by atoms with Gasteiger partial charge in [-0.15, -0.1) is 0 Å². The number of ether oxygens (including phenoxy) is 1. The van der Waals surface area contributed by atoms with Crippen molar-refractivity contribution in [3.05, 3.63) is 54.1 Å². The van der Waals surface area contributed by atoms with Crippen LogP contribution in [0.4, 0.5) is 0 Å². The molecular weight excluding hydrogens is 278 g/mol. The number of aliphatic hydroxyl groups excluding tert-OH is 2. The number of benzene rings is 2. The molecule has 3 rings (SSSR count). The smallest absolute Gasteiger partial charge is 0.119 e. The quantitative estimate of drug-likeness (QED) is 0.678. The molecule has 0 saturated heterocycles. The molecule has 0 aliphatic carbocycles. The van der Waals surface area contributed by atoms with E-state index in [1.807, 2.05) is 36.4 Å². The number of hydrogen-bond acceptors (Lipinski definition) is 3. The number of aromatic amines is 1. The molecule has 0 bridgehead atoms. The van der Waals surface area contributed by atoms with Crippen molar-refractivity contribution >= 4 is 10.9 Å². The molecule has 3 aromatic rings. The highest BCUT2D eigenvalue weighted by molar-refractivity contribution is 5.90. The van der Waals surface area contributed by atoms with Crippen molar-refractivity contribution in [1.82, 2.24) is 4.98 Å². The molecule has 0 spiro atoms. The van der Waals surface area contributed by atoms with Gasteiger partial charge in [0.05, 0.1) is 6.61 Å². The summed E-state index contributed by atoms with van der Waals surface area (Å²) in [4.78, 5) is 3.45. The molecule has 0 aliphatic heterocycles. The molecule has 0 fully saturated rings. The Morgan fingerprint density at radius 1 is 1.09 bits per heavy atom. The van der Waals surface area contributed by atoms with Gasteiger partial charge < -0.3 is 19.9 Å². The highest BCUT2D eigenvalue weighted by atomic mass is 16.5. The maximum Gasteiger partial charge on any atom is 0.119 e. The van der Waals surface area contributed by atoms with Crippen LogP contribution in [0.5, 0.6) is 5.75 Å². The minimum atomic E-state index is -0.851. The molecule has 4 heteroatoms. The van der Waals surface area contributed by atoms with E-state index in [0.29, 0.717) is 5.75 Å².